The summed E-state index contributed by atoms with van der Waals surface area (Å²) in [6, 6.07) is 15.9. The molecule has 2 aromatic carbocycles. The number of hydrogen-bond acceptors (Lipinski definition) is 5. The SMILES string of the molecule is CCN1CCCC1CNC(=O)c1ccc(-n2ccc3cnc(Nc4ccc(F)cc4)nc32)cc1. The van der Waals surface area contributed by atoms with Crippen LogP contribution in [0.15, 0.2) is 67.0 Å². The van der Waals surface area contributed by atoms with E-state index in [0.717, 1.165) is 36.2 Å². The number of anilines is 2. The van der Waals surface area contributed by atoms with Gasteiger partial charge in [-0.1, -0.05) is 6.92 Å². The molecule has 4 aromatic rings. The molecule has 1 aliphatic heterocycles. The molecule has 0 bridgehead atoms. The minimum Gasteiger partial charge on any atom is -0.350 e. The number of aromatic nitrogens is 3. The van der Waals surface area contributed by atoms with Crippen LogP contribution >= 0.6 is 0 Å². The maximum Gasteiger partial charge on any atom is 0.251 e. The Morgan fingerprint density at radius 2 is 1.91 bits per heavy atom. The largest absolute Gasteiger partial charge is 0.350 e. The molecule has 1 atom stereocenters. The average Bonchev–Trinajstić information content (AvgIpc) is 3.50. The Hall–Kier alpha value is -3.78. The lowest BCUT2D eigenvalue weighted by molar-refractivity contribution is 0.0941. The summed E-state index contributed by atoms with van der Waals surface area (Å²) in [6.07, 6.45) is 6.00. The van der Waals surface area contributed by atoms with Crippen LogP contribution < -0.4 is 10.6 Å². The first kappa shape index (κ1) is 22.0. The number of amides is 1. The second-order valence-electron chi connectivity index (χ2n) is 8.47. The summed E-state index contributed by atoms with van der Waals surface area (Å²) in [7, 11) is 0. The van der Waals surface area contributed by atoms with Crippen molar-refractivity contribution in [1.82, 2.24) is 24.8 Å². The number of benzene rings is 2. The molecule has 174 valence electrons. The van der Waals surface area contributed by atoms with Crippen molar-refractivity contribution < 1.29 is 9.18 Å². The van der Waals surface area contributed by atoms with Crippen LogP contribution in [-0.2, 0) is 0 Å². The van der Waals surface area contributed by atoms with Gasteiger partial charge in [0.1, 0.15) is 11.5 Å². The van der Waals surface area contributed by atoms with Crippen LogP contribution in [0.1, 0.15) is 30.1 Å². The van der Waals surface area contributed by atoms with E-state index in [9.17, 15) is 9.18 Å². The summed E-state index contributed by atoms with van der Waals surface area (Å²) < 4.78 is 15.1. The minimum atomic E-state index is -0.297. The lowest BCUT2D eigenvalue weighted by Gasteiger charge is -2.22. The van der Waals surface area contributed by atoms with Crippen molar-refractivity contribution in [3.63, 3.8) is 0 Å². The van der Waals surface area contributed by atoms with Gasteiger partial charge in [0.2, 0.25) is 5.95 Å². The monoisotopic (exact) mass is 458 g/mol. The van der Waals surface area contributed by atoms with E-state index in [-0.39, 0.29) is 11.7 Å². The molecule has 1 aliphatic rings. The van der Waals surface area contributed by atoms with E-state index in [0.29, 0.717) is 29.8 Å². The number of likely N-dealkylation sites (tertiary alicyclic amines) is 1. The van der Waals surface area contributed by atoms with Crippen molar-refractivity contribution in [2.45, 2.75) is 25.8 Å². The summed E-state index contributed by atoms with van der Waals surface area (Å²) in [4.78, 5) is 24.1. The Labute approximate surface area is 197 Å². The number of carbonyl (C=O) groups is 1. The first-order valence-corrected chi connectivity index (χ1v) is 11.6. The molecule has 1 unspecified atom stereocenters. The molecule has 1 fully saturated rings. The number of halogens is 1. The number of nitrogens with one attached hydrogen (secondary N) is 2. The van der Waals surface area contributed by atoms with E-state index in [1.165, 1.54) is 18.6 Å². The van der Waals surface area contributed by atoms with Crippen LogP contribution in [-0.4, -0.2) is 51.0 Å². The predicted molar refractivity (Wildman–Crippen MR) is 131 cm³/mol. The topological polar surface area (TPSA) is 75.1 Å². The number of carbonyl (C=O) groups excluding carboxylic acids is 1. The molecule has 7 nitrogen and oxygen atoms in total. The lowest BCUT2D eigenvalue weighted by atomic mass is 10.1. The fourth-order valence-electron chi connectivity index (χ4n) is 4.48. The number of rotatable bonds is 7. The molecule has 8 heteroatoms. The predicted octanol–water partition coefficient (Wildman–Crippen LogP) is 4.52. The summed E-state index contributed by atoms with van der Waals surface area (Å²) in [5.41, 5.74) is 2.96. The normalized spacial score (nSPS) is 16.1. The second-order valence-corrected chi connectivity index (χ2v) is 8.47. The molecule has 1 amide bonds. The van der Waals surface area contributed by atoms with Crippen LogP contribution in [0, 0.1) is 5.82 Å². The first-order valence-electron chi connectivity index (χ1n) is 11.6. The Balaban J connectivity index is 1.30. The third kappa shape index (κ3) is 4.63. The number of likely N-dealkylation sites (N-methyl/N-ethyl adjacent to an activating group) is 1. The van der Waals surface area contributed by atoms with Gasteiger partial charge in [-0.15, -0.1) is 0 Å². The zero-order valence-electron chi connectivity index (χ0n) is 19.0. The molecule has 3 heterocycles. The van der Waals surface area contributed by atoms with Gasteiger partial charge in [-0.25, -0.2) is 9.37 Å². The van der Waals surface area contributed by atoms with Crippen LogP contribution in [0.4, 0.5) is 16.0 Å². The molecule has 2 N–H and O–H groups in total. The Morgan fingerprint density at radius 3 is 2.68 bits per heavy atom. The third-order valence-electron chi connectivity index (χ3n) is 6.34. The van der Waals surface area contributed by atoms with Gasteiger partial charge in [0, 0.05) is 47.3 Å². The van der Waals surface area contributed by atoms with Gasteiger partial charge in [-0.3, -0.25) is 9.69 Å². The molecule has 0 radical (unpaired) electrons. The van der Waals surface area contributed by atoms with Crippen molar-refractivity contribution in [2.24, 2.45) is 0 Å². The zero-order chi connectivity index (χ0) is 23.5. The Bertz CT molecular complexity index is 1290. The van der Waals surface area contributed by atoms with E-state index >= 15 is 0 Å². The van der Waals surface area contributed by atoms with Crippen molar-refractivity contribution in [3.05, 3.63) is 78.4 Å². The standard InChI is InChI=1S/C26H27FN6O/c1-2-32-14-3-4-23(32)17-28-25(34)18-5-11-22(12-6-18)33-15-13-19-16-29-26(31-24(19)33)30-21-9-7-20(27)8-10-21/h5-13,15-16,23H,2-4,14,17H2,1H3,(H,28,34)(H,29,30,31). The molecular formula is C26H27FN6O. The average molecular weight is 459 g/mol. The molecule has 34 heavy (non-hydrogen) atoms. The summed E-state index contributed by atoms with van der Waals surface area (Å²) in [5.74, 6) is 0.0671. The van der Waals surface area contributed by atoms with Crippen molar-refractivity contribution in [2.75, 3.05) is 25.0 Å². The van der Waals surface area contributed by atoms with Gasteiger partial charge in [0.05, 0.1) is 0 Å². The lowest BCUT2D eigenvalue weighted by Crippen LogP contribution is -2.40. The molecular weight excluding hydrogens is 431 g/mol. The zero-order valence-corrected chi connectivity index (χ0v) is 19.0. The van der Waals surface area contributed by atoms with Gasteiger partial charge < -0.3 is 15.2 Å². The number of hydrogen-bond donors (Lipinski definition) is 2. The van der Waals surface area contributed by atoms with E-state index in [1.807, 2.05) is 41.1 Å². The van der Waals surface area contributed by atoms with E-state index in [2.05, 4.69) is 32.4 Å². The minimum absolute atomic E-state index is 0.0556. The highest BCUT2D eigenvalue weighted by atomic mass is 19.1. The Morgan fingerprint density at radius 1 is 1.12 bits per heavy atom. The number of fused-ring (bicyclic) bond motifs is 1. The van der Waals surface area contributed by atoms with E-state index in [4.69, 9.17) is 0 Å². The van der Waals surface area contributed by atoms with Crippen LogP contribution in [0.2, 0.25) is 0 Å². The first-order chi connectivity index (χ1) is 16.6. The molecule has 0 spiro atoms. The molecule has 5 rings (SSSR count). The highest BCUT2D eigenvalue weighted by Gasteiger charge is 2.23. The molecule has 0 saturated carbocycles. The second kappa shape index (κ2) is 9.61. The smallest absolute Gasteiger partial charge is 0.251 e. The quantitative estimate of drug-likeness (QED) is 0.426. The van der Waals surface area contributed by atoms with Gasteiger partial charge >= 0.3 is 0 Å². The number of nitrogens with zero attached hydrogens (tertiary/aromatic N) is 4. The third-order valence-corrected chi connectivity index (χ3v) is 6.34. The van der Waals surface area contributed by atoms with Crippen LogP contribution in [0.25, 0.3) is 16.7 Å². The summed E-state index contributed by atoms with van der Waals surface area (Å²) in [5, 5.41) is 7.08. The van der Waals surface area contributed by atoms with Crippen LogP contribution in [0.3, 0.4) is 0 Å². The maximum atomic E-state index is 13.2. The highest BCUT2D eigenvalue weighted by molar-refractivity contribution is 5.94. The molecule has 2 aromatic heterocycles. The van der Waals surface area contributed by atoms with Crippen molar-refractivity contribution >= 4 is 28.6 Å². The summed E-state index contributed by atoms with van der Waals surface area (Å²) in [6.45, 7) is 4.97. The van der Waals surface area contributed by atoms with Gasteiger partial charge in [-0.05, 0) is 80.5 Å². The van der Waals surface area contributed by atoms with Gasteiger partial charge in [0.25, 0.3) is 5.91 Å². The van der Waals surface area contributed by atoms with Crippen molar-refractivity contribution in [3.8, 4) is 5.69 Å². The molecule has 1 saturated heterocycles. The fraction of sp³-hybridized carbons (Fsp3) is 0.269. The van der Waals surface area contributed by atoms with Crippen molar-refractivity contribution in [1.29, 1.82) is 0 Å². The van der Waals surface area contributed by atoms with E-state index < -0.39 is 0 Å². The maximum absolute atomic E-state index is 13.2. The Kier molecular flexibility index (Phi) is 6.22. The van der Waals surface area contributed by atoms with Crippen LogP contribution in [0.5, 0.6) is 0 Å². The fourth-order valence-corrected chi connectivity index (χ4v) is 4.48. The summed E-state index contributed by atoms with van der Waals surface area (Å²) >= 11 is 0. The highest BCUT2D eigenvalue weighted by Crippen LogP contribution is 2.22. The van der Waals surface area contributed by atoms with Gasteiger partial charge in [0.15, 0.2) is 0 Å². The van der Waals surface area contributed by atoms with Gasteiger partial charge in [-0.2, -0.15) is 4.98 Å². The van der Waals surface area contributed by atoms with E-state index in [1.54, 1.807) is 18.3 Å². The molecule has 0 aliphatic carbocycles.